The molecule has 0 saturated carbocycles. The van der Waals surface area contributed by atoms with Crippen LogP contribution in [0.5, 0.6) is 0 Å². The number of hydrogen-bond acceptors (Lipinski definition) is 5. The molecule has 0 aromatic carbocycles. The van der Waals surface area contributed by atoms with Crippen LogP contribution < -0.4 is 0 Å². The molecule has 0 aliphatic carbocycles. The normalized spacial score (nSPS) is 9.94. The second kappa shape index (κ2) is 6.91. The third-order valence-corrected chi connectivity index (χ3v) is 2.96. The van der Waals surface area contributed by atoms with E-state index in [1.807, 2.05) is 13.0 Å². The van der Waals surface area contributed by atoms with E-state index in [4.69, 9.17) is 5.26 Å². The molecule has 0 radical (unpaired) electrons. The molecule has 92 valence electrons. The molecule has 1 aromatic heterocycles. The van der Waals surface area contributed by atoms with Crippen molar-refractivity contribution in [3.05, 3.63) is 5.82 Å². The highest BCUT2D eigenvalue weighted by atomic mass is 32.2. The number of nitrogens with zero attached hydrogens (tertiary/aromatic N) is 4. The number of nitriles is 1. The Kier molecular flexibility index (Phi) is 5.49. The second-order valence-electron chi connectivity index (χ2n) is 3.53. The molecular weight excluding hydrogens is 238 g/mol. The van der Waals surface area contributed by atoms with Crippen molar-refractivity contribution >= 4 is 17.7 Å². The zero-order chi connectivity index (χ0) is 12.7. The Morgan fingerprint density at radius 2 is 2.41 bits per heavy atom. The molecule has 0 aliphatic rings. The molecule has 0 saturated heterocycles. The number of aromatic nitrogens is 3. The summed E-state index contributed by atoms with van der Waals surface area (Å²) >= 11 is 1.44. The van der Waals surface area contributed by atoms with Gasteiger partial charge in [0.2, 0.25) is 11.1 Å². The summed E-state index contributed by atoms with van der Waals surface area (Å²) in [7, 11) is 1.71. The number of aromatic amines is 1. The van der Waals surface area contributed by atoms with Crippen LogP contribution in [-0.2, 0) is 4.79 Å². The fourth-order valence-electron chi connectivity index (χ4n) is 1.15. The average Bonchev–Trinajstić information content (AvgIpc) is 2.71. The van der Waals surface area contributed by atoms with Gasteiger partial charge in [-0.15, -0.1) is 5.10 Å². The third kappa shape index (κ3) is 4.87. The lowest BCUT2D eigenvalue weighted by molar-refractivity contribution is -0.129. The maximum Gasteiger partial charge on any atom is 0.223 e. The number of carbonyl (C=O) groups excluding carboxylic acids is 1. The van der Waals surface area contributed by atoms with Crippen molar-refractivity contribution in [1.29, 1.82) is 5.26 Å². The van der Waals surface area contributed by atoms with Crippen LogP contribution in [0.15, 0.2) is 5.16 Å². The van der Waals surface area contributed by atoms with Crippen molar-refractivity contribution in [3.8, 4) is 6.07 Å². The number of aryl methyl sites for hydroxylation is 1. The first-order valence-electron chi connectivity index (χ1n) is 5.26. The van der Waals surface area contributed by atoms with E-state index in [0.717, 1.165) is 5.82 Å². The highest BCUT2D eigenvalue weighted by molar-refractivity contribution is 7.99. The number of H-pyrrole nitrogens is 1. The molecule has 1 heterocycles. The lowest BCUT2D eigenvalue weighted by atomic mass is 10.3. The SMILES string of the molecule is Cc1nc(SCCC(=O)N(C)CCC#N)n[nH]1. The minimum Gasteiger partial charge on any atom is -0.345 e. The van der Waals surface area contributed by atoms with Gasteiger partial charge in [-0.25, -0.2) is 4.98 Å². The summed E-state index contributed by atoms with van der Waals surface area (Å²) in [5.74, 6) is 1.46. The Morgan fingerprint density at radius 1 is 1.65 bits per heavy atom. The molecule has 0 atom stereocenters. The van der Waals surface area contributed by atoms with Crippen molar-refractivity contribution in [2.75, 3.05) is 19.3 Å². The number of carbonyl (C=O) groups is 1. The van der Waals surface area contributed by atoms with Gasteiger partial charge in [0, 0.05) is 25.8 Å². The van der Waals surface area contributed by atoms with Gasteiger partial charge in [-0.1, -0.05) is 11.8 Å². The van der Waals surface area contributed by atoms with Gasteiger partial charge >= 0.3 is 0 Å². The maximum absolute atomic E-state index is 11.6. The van der Waals surface area contributed by atoms with Crippen LogP contribution in [0, 0.1) is 18.3 Å². The molecule has 7 heteroatoms. The molecule has 6 nitrogen and oxygen atoms in total. The zero-order valence-corrected chi connectivity index (χ0v) is 10.8. The summed E-state index contributed by atoms with van der Waals surface area (Å²) in [6.07, 6.45) is 0.801. The van der Waals surface area contributed by atoms with E-state index in [9.17, 15) is 4.79 Å². The van der Waals surface area contributed by atoms with Crippen LogP contribution in [-0.4, -0.2) is 45.3 Å². The molecule has 17 heavy (non-hydrogen) atoms. The first kappa shape index (κ1) is 13.5. The fourth-order valence-corrected chi connectivity index (χ4v) is 1.92. The first-order valence-corrected chi connectivity index (χ1v) is 6.24. The quantitative estimate of drug-likeness (QED) is 0.763. The predicted molar refractivity (Wildman–Crippen MR) is 64.3 cm³/mol. The molecule has 0 spiro atoms. The van der Waals surface area contributed by atoms with E-state index in [1.165, 1.54) is 11.8 Å². The number of hydrogen-bond donors (Lipinski definition) is 1. The van der Waals surface area contributed by atoms with E-state index >= 15 is 0 Å². The van der Waals surface area contributed by atoms with Crippen LogP contribution in [0.25, 0.3) is 0 Å². The summed E-state index contributed by atoms with van der Waals surface area (Å²) in [5, 5.41) is 15.8. The summed E-state index contributed by atoms with van der Waals surface area (Å²) < 4.78 is 0. The van der Waals surface area contributed by atoms with Crippen molar-refractivity contribution < 1.29 is 4.79 Å². The van der Waals surface area contributed by atoms with Crippen LogP contribution in [0.1, 0.15) is 18.7 Å². The predicted octanol–water partition coefficient (Wildman–Crippen LogP) is 0.967. The summed E-state index contributed by atoms with van der Waals surface area (Å²) in [5.41, 5.74) is 0. The molecule has 0 bridgehead atoms. The summed E-state index contributed by atoms with van der Waals surface area (Å²) in [6.45, 7) is 2.32. The first-order chi connectivity index (χ1) is 8.13. The van der Waals surface area contributed by atoms with Crippen molar-refractivity contribution in [2.45, 2.75) is 24.9 Å². The Morgan fingerprint density at radius 3 is 3.00 bits per heavy atom. The van der Waals surface area contributed by atoms with Gasteiger partial charge in [-0.3, -0.25) is 9.89 Å². The summed E-state index contributed by atoms with van der Waals surface area (Å²) in [6, 6.07) is 2.01. The standard InChI is InChI=1S/C10H15N5OS/c1-8-12-10(14-13-8)17-7-4-9(16)15(2)6-3-5-11/h3-4,6-7H2,1-2H3,(H,12,13,14). The Bertz CT molecular complexity index is 411. The Balaban J connectivity index is 2.22. The Labute approximate surface area is 104 Å². The lowest BCUT2D eigenvalue weighted by Crippen LogP contribution is -2.27. The second-order valence-corrected chi connectivity index (χ2v) is 4.59. The Hall–Kier alpha value is -1.55. The number of rotatable bonds is 6. The van der Waals surface area contributed by atoms with Crippen molar-refractivity contribution in [1.82, 2.24) is 20.1 Å². The lowest BCUT2D eigenvalue weighted by Gasteiger charge is -2.14. The summed E-state index contributed by atoms with van der Waals surface area (Å²) in [4.78, 5) is 17.3. The molecule has 0 fully saturated rings. The van der Waals surface area contributed by atoms with E-state index < -0.39 is 0 Å². The van der Waals surface area contributed by atoms with Crippen LogP contribution in [0.4, 0.5) is 0 Å². The highest BCUT2D eigenvalue weighted by Crippen LogP contribution is 2.13. The van der Waals surface area contributed by atoms with Crippen LogP contribution in [0.2, 0.25) is 0 Å². The maximum atomic E-state index is 11.6. The van der Waals surface area contributed by atoms with Crippen molar-refractivity contribution in [3.63, 3.8) is 0 Å². The molecule has 1 rings (SSSR count). The van der Waals surface area contributed by atoms with Crippen LogP contribution >= 0.6 is 11.8 Å². The molecule has 1 aromatic rings. The molecule has 1 N–H and O–H groups in total. The van der Waals surface area contributed by atoms with Gasteiger partial charge < -0.3 is 4.90 Å². The van der Waals surface area contributed by atoms with Gasteiger partial charge in [-0.05, 0) is 6.92 Å². The van der Waals surface area contributed by atoms with E-state index in [0.29, 0.717) is 30.3 Å². The van der Waals surface area contributed by atoms with Crippen LogP contribution in [0.3, 0.4) is 0 Å². The largest absolute Gasteiger partial charge is 0.345 e. The van der Waals surface area contributed by atoms with E-state index in [1.54, 1.807) is 11.9 Å². The third-order valence-electron chi connectivity index (χ3n) is 2.11. The fraction of sp³-hybridized carbons (Fsp3) is 0.600. The number of nitrogens with one attached hydrogen (secondary N) is 1. The minimum atomic E-state index is 0.0417. The molecule has 1 amide bonds. The number of thioether (sulfide) groups is 1. The highest BCUT2D eigenvalue weighted by Gasteiger charge is 2.09. The van der Waals surface area contributed by atoms with E-state index in [-0.39, 0.29) is 5.91 Å². The van der Waals surface area contributed by atoms with E-state index in [2.05, 4.69) is 15.2 Å². The topological polar surface area (TPSA) is 85.7 Å². The van der Waals surface area contributed by atoms with Gasteiger partial charge in [-0.2, -0.15) is 5.26 Å². The molecular formula is C10H15N5OS. The molecule has 0 aliphatic heterocycles. The average molecular weight is 253 g/mol. The van der Waals surface area contributed by atoms with Gasteiger partial charge in [0.05, 0.1) is 12.5 Å². The zero-order valence-electron chi connectivity index (χ0n) is 9.93. The smallest absolute Gasteiger partial charge is 0.223 e. The van der Waals surface area contributed by atoms with Gasteiger partial charge in [0.25, 0.3) is 0 Å². The monoisotopic (exact) mass is 253 g/mol. The number of amides is 1. The minimum absolute atomic E-state index is 0.0417. The molecule has 0 unspecified atom stereocenters. The van der Waals surface area contributed by atoms with Crippen molar-refractivity contribution in [2.24, 2.45) is 0 Å². The van der Waals surface area contributed by atoms with Gasteiger partial charge in [0.15, 0.2) is 0 Å². The van der Waals surface area contributed by atoms with Gasteiger partial charge in [0.1, 0.15) is 5.82 Å².